The number of oxazole rings is 1. The van der Waals surface area contributed by atoms with Gasteiger partial charge in [0.05, 0.1) is 6.20 Å². The molecule has 1 aromatic heterocycles. The predicted molar refractivity (Wildman–Crippen MR) is 81.5 cm³/mol. The molecule has 6 heteroatoms. The SMILES string of the molecule is CC(c1ccc(OC(F)F)cc1)N1CCC(c2ncco2)CC1. The molecule has 0 N–H and O–H groups in total. The molecule has 1 fully saturated rings. The molecule has 1 aromatic carbocycles. The summed E-state index contributed by atoms with van der Waals surface area (Å²) < 4.78 is 34.1. The van der Waals surface area contributed by atoms with Gasteiger partial charge in [-0.2, -0.15) is 8.78 Å². The maximum absolute atomic E-state index is 12.2. The Kier molecular flexibility index (Phi) is 4.91. The topological polar surface area (TPSA) is 38.5 Å². The molecule has 3 rings (SSSR count). The third-order valence-corrected chi connectivity index (χ3v) is 4.47. The van der Waals surface area contributed by atoms with Gasteiger partial charge in [-0.05, 0) is 50.6 Å². The molecule has 0 bridgehead atoms. The van der Waals surface area contributed by atoms with Crippen LogP contribution < -0.4 is 4.74 Å². The molecule has 1 atom stereocenters. The Morgan fingerprint density at radius 1 is 1.22 bits per heavy atom. The number of piperidine rings is 1. The van der Waals surface area contributed by atoms with Crippen molar-refractivity contribution in [2.45, 2.75) is 38.3 Å². The average molecular weight is 322 g/mol. The van der Waals surface area contributed by atoms with Crippen molar-refractivity contribution in [3.05, 3.63) is 48.2 Å². The molecule has 1 aliphatic heterocycles. The first-order chi connectivity index (χ1) is 11.1. The maximum atomic E-state index is 12.2. The lowest BCUT2D eigenvalue weighted by molar-refractivity contribution is -0.0498. The van der Waals surface area contributed by atoms with Gasteiger partial charge in [0.15, 0.2) is 5.89 Å². The zero-order valence-corrected chi connectivity index (χ0v) is 13.0. The van der Waals surface area contributed by atoms with E-state index in [0.717, 1.165) is 37.4 Å². The third-order valence-electron chi connectivity index (χ3n) is 4.47. The second-order valence-corrected chi connectivity index (χ2v) is 5.80. The van der Waals surface area contributed by atoms with Crippen molar-refractivity contribution in [1.82, 2.24) is 9.88 Å². The van der Waals surface area contributed by atoms with Crippen LogP contribution in [0.15, 0.2) is 41.1 Å². The number of alkyl halides is 2. The van der Waals surface area contributed by atoms with E-state index in [9.17, 15) is 8.78 Å². The molecule has 0 saturated carbocycles. The molecule has 4 nitrogen and oxygen atoms in total. The Bertz CT molecular complexity index is 594. The van der Waals surface area contributed by atoms with Gasteiger partial charge in [-0.15, -0.1) is 0 Å². The summed E-state index contributed by atoms with van der Waals surface area (Å²) >= 11 is 0. The van der Waals surface area contributed by atoms with Gasteiger partial charge >= 0.3 is 6.61 Å². The molecule has 0 amide bonds. The Morgan fingerprint density at radius 3 is 2.48 bits per heavy atom. The van der Waals surface area contributed by atoms with E-state index >= 15 is 0 Å². The fraction of sp³-hybridized carbons (Fsp3) is 0.471. The number of hydrogen-bond donors (Lipinski definition) is 0. The first-order valence-electron chi connectivity index (χ1n) is 7.81. The Morgan fingerprint density at radius 2 is 1.91 bits per heavy atom. The van der Waals surface area contributed by atoms with Crippen LogP contribution in [0.2, 0.25) is 0 Å². The number of aromatic nitrogens is 1. The van der Waals surface area contributed by atoms with Crippen molar-refractivity contribution < 1.29 is 17.9 Å². The minimum absolute atomic E-state index is 0.193. The van der Waals surface area contributed by atoms with Gasteiger partial charge in [0, 0.05) is 12.0 Å². The van der Waals surface area contributed by atoms with Crippen molar-refractivity contribution in [2.75, 3.05) is 13.1 Å². The summed E-state index contributed by atoms with van der Waals surface area (Å²) in [5.74, 6) is 1.40. The summed E-state index contributed by atoms with van der Waals surface area (Å²) in [5.41, 5.74) is 1.10. The van der Waals surface area contributed by atoms with Gasteiger partial charge in [-0.1, -0.05) is 12.1 Å². The molecule has 1 aliphatic rings. The second-order valence-electron chi connectivity index (χ2n) is 5.80. The van der Waals surface area contributed by atoms with Crippen molar-refractivity contribution in [1.29, 1.82) is 0 Å². The van der Waals surface area contributed by atoms with Gasteiger partial charge in [0.25, 0.3) is 0 Å². The Balaban J connectivity index is 1.57. The van der Waals surface area contributed by atoms with E-state index in [4.69, 9.17) is 4.42 Å². The van der Waals surface area contributed by atoms with Crippen LogP contribution in [0.5, 0.6) is 5.75 Å². The average Bonchev–Trinajstić information content (AvgIpc) is 3.09. The van der Waals surface area contributed by atoms with Crippen LogP contribution in [0.25, 0.3) is 0 Å². The molecule has 23 heavy (non-hydrogen) atoms. The molecule has 2 heterocycles. The smallest absolute Gasteiger partial charge is 0.387 e. The van der Waals surface area contributed by atoms with Gasteiger partial charge in [0.1, 0.15) is 12.0 Å². The summed E-state index contributed by atoms with van der Waals surface area (Å²) in [6.07, 6.45) is 5.33. The summed E-state index contributed by atoms with van der Waals surface area (Å²) in [7, 11) is 0. The van der Waals surface area contributed by atoms with Crippen molar-refractivity contribution in [2.24, 2.45) is 0 Å². The zero-order valence-electron chi connectivity index (χ0n) is 13.0. The van der Waals surface area contributed by atoms with Crippen LogP contribution in [0, 0.1) is 0 Å². The van der Waals surface area contributed by atoms with Crippen molar-refractivity contribution in [3.8, 4) is 5.75 Å². The van der Waals surface area contributed by atoms with Crippen LogP contribution in [0.1, 0.15) is 43.2 Å². The number of likely N-dealkylation sites (tertiary alicyclic amines) is 1. The normalized spacial score (nSPS) is 18.3. The van der Waals surface area contributed by atoms with E-state index in [0.29, 0.717) is 5.92 Å². The van der Waals surface area contributed by atoms with Crippen LogP contribution in [0.3, 0.4) is 0 Å². The van der Waals surface area contributed by atoms with Gasteiger partial charge in [-0.3, -0.25) is 4.90 Å². The summed E-state index contributed by atoms with van der Waals surface area (Å²) in [4.78, 5) is 6.63. The van der Waals surface area contributed by atoms with Gasteiger partial charge in [-0.25, -0.2) is 4.98 Å². The molecule has 0 aliphatic carbocycles. The van der Waals surface area contributed by atoms with Crippen LogP contribution >= 0.6 is 0 Å². The van der Waals surface area contributed by atoms with E-state index in [1.807, 2.05) is 12.1 Å². The minimum Gasteiger partial charge on any atom is -0.449 e. The quantitative estimate of drug-likeness (QED) is 0.826. The highest BCUT2D eigenvalue weighted by Gasteiger charge is 2.26. The number of nitrogens with zero attached hydrogens (tertiary/aromatic N) is 2. The van der Waals surface area contributed by atoms with E-state index in [2.05, 4.69) is 21.5 Å². The fourth-order valence-electron chi connectivity index (χ4n) is 3.11. The lowest BCUT2D eigenvalue weighted by Gasteiger charge is -2.35. The molecule has 124 valence electrons. The lowest BCUT2D eigenvalue weighted by Crippen LogP contribution is -2.35. The van der Waals surface area contributed by atoms with Gasteiger partial charge in [0.2, 0.25) is 0 Å². The standard InChI is InChI=1S/C17H20F2N2O2/c1-12(13-2-4-15(5-3-13)23-17(18)19)21-9-6-14(7-10-21)16-20-8-11-22-16/h2-5,8,11-12,14,17H,6-7,9-10H2,1H3. The number of ether oxygens (including phenoxy) is 1. The summed E-state index contributed by atoms with van der Waals surface area (Å²) in [6, 6.07) is 7.13. The molecular weight excluding hydrogens is 302 g/mol. The predicted octanol–water partition coefficient (Wildman–Crippen LogP) is 4.22. The van der Waals surface area contributed by atoms with Crippen LogP contribution in [-0.4, -0.2) is 29.6 Å². The first-order valence-corrected chi connectivity index (χ1v) is 7.81. The van der Waals surface area contributed by atoms with Crippen molar-refractivity contribution >= 4 is 0 Å². The van der Waals surface area contributed by atoms with E-state index in [1.165, 1.54) is 0 Å². The third kappa shape index (κ3) is 3.88. The Labute approximate surface area is 134 Å². The highest BCUT2D eigenvalue weighted by molar-refractivity contribution is 5.29. The monoisotopic (exact) mass is 322 g/mol. The van der Waals surface area contributed by atoms with Gasteiger partial charge < -0.3 is 9.15 Å². The maximum Gasteiger partial charge on any atom is 0.387 e. The van der Waals surface area contributed by atoms with Crippen LogP contribution in [-0.2, 0) is 0 Å². The molecule has 0 spiro atoms. The molecule has 2 aromatic rings. The van der Waals surface area contributed by atoms with Crippen molar-refractivity contribution in [3.63, 3.8) is 0 Å². The highest BCUT2D eigenvalue weighted by atomic mass is 19.3. The molecular formula is C17H20F2N2O2. The second kappa shape index (κ2) is 7.08. The van der Waals surface area contributed by atoms with E-state index < -0.39 is 6.61 Å². The number of halogens is 2. The zero-order chi connectivity index (χ0) is 16.2. The van der Waals surface area contributed by atoms with E-state index in [1.54, 1.807) is 24.6 Å². The summed E-state index contributed by atoms with van der Waals surface area (Å²) in [5, 5.41) is 0. The number of hydrogen-bond acceptors (Lipinski definition) is 4. The highest BCUT2D eigenvalue weighted by Crippen LogP contribution is 2.31. The van der Waals surface area contributed by atoms with Crippen LogP contribution in [0.4, 0.5) is 8.78 Å². The first kappa shape index (κ1) is 15.9. The Hall–Kier alpha value is -1.95. The van der Waals surface area contributed by atoms with E-state index in [-0.39, 0.29) is 11.8 Å². The largest absolute Gasteiger partial charge is 0.449 e. The molecule has 1 unspecified atom stereocenters. The fourth-order valence-corrected chi connectivity index (χ4v) is 3.11. The molecule has 0 radical (unpaired) electrons. The summed E-state index contributed by atoms with van der Waals surface area (Å²) in [6.45, 7) is 1.27. The lowest BCUT2D eigenvalue weighted by atomic mass is 9.94. The minimum atomic E-state index is -2.78. The number of rotatable bonds is 5. The number of benzene rings is 1. The molecule has 1 saturated heterocycles.